The Morgan fingerprint density at radius 2 is 1.86 bits per heavy atom. The van der Waals surface area contributed by atoms with E-state index in [1.54, 1.807) is 17.0 Å². The van der Waals surface area contributed by atoms with Crippen molar-refractivity contribution in [3.8, 4) is 0 Å². The number of rotatable bonds is 9. The molecule has 8 heteroatoms. The molecular formula is C27H34N4O4. The molecule has 0 saturated carbocycles. The molecule has 0 spiro atoms. The predicted molar refractivity (Wildman–Crippen MR) is 134 cm³/mol. The molecule has 2 amide bonds. The summed E-state index contributed by atoms with van der Waals surface area (Å²) in [7, 11) is 0. The van der Waals surface area contributed by atoms with E-state index < -0.39 is 12.0 Å². The van der Waals surface area contributed by atoms with E-state index in [-0.39, 0.29) is 18.2 Å². The highest BCUT2D eigenvalue weighted by Crippen LogP contribution is 2.26. The monoisotopic (exact) mass is 478 g/mol. The van der Waals surface area contributed by atoms with Crippen LogP contribution in [0.2, 0.25) is 0 Å². The fourth-order valence-electron chi connectivity index (χ4n) is 4.82. The number of anilines is 1. The summed E-state index contributed by atoms with van der Waals surface area (Å²) in [6.07, 6.45) is 3.59. The van der Waals surface area contributed by atoms with Crippen LogP contribution < -0.4 is 16.0 Å². The molecule has 1 fully saturated rings. The summed E-state index contributed by atoms with van der Waals surface area (Å²) < 4.78 is 0. The SMILES string of the molecule is O=C(O)C[C@H]1Nc2cc(C(=O)NCCC3CCNCC3)ccc2CN(CCc2ccccc2)C1=O. The summed E-state index contributed by atoms with van der Waals surface area (Å²) in [6.45, 7) is 3.55. The predicted octanol–water partition coefficient (Wildman–Crippen LogP) is 2.65. The standard InChI is InChI=1S/C27H34N4O4/c32-25(33)17-24-27(35)31(15-11-19-4-2-1-3-5-19)18-22-7-6-21(16-23(22)30-24)26(34)29-14-10-20-8-12-28-13-9-20/h1-7,16,20,24,28,30H,8-15,17-18H2,(H,29,34)(H,32,33)/t24-/m1/s1. The summed E-state index contributed by atoms with van der Waals surface area (Å²) in [5, 5.41) is 18.9. The van der Waals surface area contributed by atoms with Crippen molar-refractivity contribution >= 4 is 23.5 Å². The van der Waals surface area contributed by atoms with Crippen LogP contribution >= 0.6 is 0 Å². The minimum atomic E-state index is -1.05. The summed E-state index contributed by atoms with van der Waals surface area (Å²) in [5.41, 5.74) is 3.12. The van der Waals surface area contributed by atoms with Gasteiger partial charge in [0.05, 0.1) is 6.42 Å². The largest absolute Gasteiger partial charge is 0.481 e. The molecule has 2 aromatic rings. The first kappa shape index (κ1) is 24.7. The average Bonchev–Trinajstić information content (AvgIpc) is 2.99. The zero-order chi connectivity index (χ0) is 24.6. The molecular weight excluding hydrogens is 444 g/mol. The van der Waals surface area contributed by atoms with E-state index in [4.69, 9.17) is 0 Å². The maximum atomic E-state index is 13.2. The molecule has 8 nitrogen and oxygen atoms in total. The molecule has 2 aromatic carbocycles. The van der Waals surface area contributed by atoms with Crippen molar-refractivity contribution in [1.82, 2.24) is 15.5 Å². The molecule has 0 unspecified atom stereocenters. The lowest BCUT2D eigenvalue weighted by Gasteiger charge is -2.24. The number of carbonyl (C=O) groups excluding carboxylic acids is 2. The fourth-order valence-corrected chi connectivity index (χ4v) is 4.82. The quantitative estimate of drug-likeness (QED) is 0.441. The van der Waals surface area contributed by atoms with E-state index in [0.717, 1.165) is 43.5 Å². The van der Waals surface area contributed by atoms with Gasteiger partial charge in [0.25, 0.3) is 5.91 Å². The molecule has 2 aliphatic heterocycles. The van der Waals surface area contributed by atoms with E-state index >= 15 is 0 Å². The van der Waals surface area contributed by atoms with Crippen molar-refractivity contribution in [2.75, 3.05) is 31.5 Å². The summed E-state index contributed by atoms with van der Waals surface area (Å²) in [6, 6.07) is 14.4. The van der Waals surface area contributed by atoms with Crippen LogP contribution in [0.1, 0.15) is 47.2 Å². The molecule has 1 saturated heterocycles. The molecule has 35 heavy (non-hydrogen) atoms. The minimum Gasteiger partial charge on any atom is -0.481 e. The third-order valence-corrected chi connectivity index (χ3v) is 6.86. The third-order valence-electron chi connectivity index (χ3n) is 6.86. The second-order valence-electron chi connectivity index (χ2n) is 9.40. The Balaban J connectivity index is 1.44. The summed E-state index contributed by atoms with van der Waals surface area (Å²) in [5.74, 6) is -0.814. The molecule has 0 aliphatic carbocycles. The number of hydrogen-bond donors (Lipinski definition) is 4. The number of fused-ring (bicyclic) bond motifs is 1. The van der Waals surface area contributed by atoms with Crippen molar-refractivity contribution in [3.63, 3.8) is 0 Å². The van der Waals surface area contributed by atoms with Gasteiger partial charge in [0.1, 0.15) is 6.04 Å². The highest BCUT2D eigenvalue weighted by molar-refractivity contribution is 5.96. The van der Waals surface area contributed by atoms with Gasteiger partial charge >= 0.3 is 5.97 Å². The van der Waals surface area contributed by atoms with Crippen LogP contribution in [0, 0.1) is 5.92 Å². The molecule has 1 atom stereocenters. The van der Waals surface area contributed by atoms with Gasteiger partial charge in [0.15, 0.2) is 0 Å². The van der Waals surface area contributed by atoms with E-state index in [0.29, 0.717) is 43.2 Å². The van der Waals surface area contributed by atoms with Gasteiger partial charge in [-0.15, -0.1) is 0 Å². The number of aliphatic carboxylic acids is 1. The van der Waals surface area contributed by atoms with Crippen LogP contribution in [-0.4, -0.2) is 60.0 Å². The highest BCUT2D eigenvalue weighted by Gasteiger charge is 2.31. The Kier molecular flexibility index (Phi) is 8.36. The first-order chi connectivity index (χ1) is 17.0. The van der Waals surface area contributed by atoms with Gasteiger partial charge in [-0.2, -0.15) is 0 Å². The van der Waals surface area contributed by atoms with Gasteiger partial charge in [-0.3, -0.25) is 14.4 Å². The Bertz CT molecular complexity index is 1040. The lowest BCUT2D eigenvalue weighted by molar-refractivity contribution is -0.141. The van der Waals surface area contributed by atoms with Crippen molar-refractivity contribution in [2.24, 2.45) is 5.92 Å². The van der Waals surface area contributed by atoms with Gasteiger partial charge < -0.3 is 26.0 Å². The number of amides is 2. The molecule has 4 rings (SSSR count). The molecule has 0 radical (unpaired) electrons. The molecule has 186 valence electrons. The van der Waals surface area contributed by atoms with Crippen LogP contribution in [0.5, 0.6) is 0 Å². The number of benzene rings is 2. The number of carboxylic acid groups (broad SMARTS) is 1. The zero-order valence-corrected chi connectivity index (χ0v) is 20.0. The van der Waals surface area contributed by atoms with Crippen molar-refractivity contribution in [3.05, 3.63) is 65.2 Å². The lowest BCUT2D eigenvalue weighted by atomic mass is 9.95. The van der Waals surface area contributed by atoms with E-state index in [1.165, 1.54) is 0 Å². The van der Waals surface area contributed by atoms with Crippen molar-refractivity contribution in [1.29, 1.82) is 0 Å². The number of piperidine rings is 1. The van der Waals surface area contributed by atoms with Gasteiger partial charge in [0, 0.05) is 30.9 Å². The van der Waals surface area contributed by atoms with Gasteiger partial charge in [-0.1, -0.05) is 36.4 Å². The smallest absolute Gasteiger partial charge is 0.305 e. The maximum absolute atomic E-state index is 13.2. The molecule has 2 aliphatic rings. The maximum Gasteiger partial charge on any atom is 0.305 e. The normalized spacial score (nSPS) is 18.3. The van der Waals surface area contributed by atoms with Crippen LogP contribution in [0.4, 0.5) is 5.69 Å². The number of carbonyl (C=O) groups is 3. The Labute approximate surface area is 206 Å². The Hall–Kier alpha value is -3.39. The average molecular weight is 479 g/mol. The summed E-state index contributed by atoms with van der Waals surface area (Å²) >= 11 is 0. The van der Waals surface area contributed by atoms with Crippen LogP contribution in [-0.2, 0) is 22.6 Å². The van der Waals surface area contributed by atoms with Crippen LogP contribution in [0.3, 0.4) is 0 Å². The zero-order valence-electron chi connectivity index (χ0n) is 20.0. The number of nitrogens with one attached hydrogen (secondary N) is 3. The number of carboxylic acids is 1. The second kappa shape index (κ2) is 11.8. The molecule has 2 heterocycles. The topological polar surface area (TPSA) is 111 Å². The minimum absolute atomic E-state index is 0.158. The molecule has 0 bridgehead atoms. The number of nitrogens with zero attached hydrogens (tertiary/aromatic N) is 1. The van der Waals surface area contributed by atoms with Crippen LogP contribution in [0.15, 0.2) is 48.5 Å². The lowest BCUT2D eigenvalue weighted by Crippen LogP contribution is -2.42. The highest BCUT2D eigenvalue weighted by atomic mass is 16.4. The summed E-state index contributed by atoms with van der Waals surface area (Å²) in [4.78, 5) is 39.2. The third kappa shape index (κ3) is 6.82. The Morgan fingerprint density at radius 1 is 1.09 bits per heavy atom. The fraction of sp³-hybridized carbons (Fsp3) is 0.444. The van der Waals surface area contributed by atoms with Crippen molar-refractivity contribution in [2.45, 2.75) is 44.7 Å². The first-order valence-electron chi connectivity index (χ1n) is 12.4. The van der Waals surface area contributed by atoms with Gasteiger partial charge in [-0.25, -0.2) is 0 Å². The van der Waals surface area contributed by atoms with Gasteiger partial charge in [-0.05, 0) is 68.0 Å². The second-order valence-corrected chi connectivity index (χ2v) is 9.40. The van der Waals surface area contributed by atoms with E-state index in [9.17, 15) is 19.5 Å². The Morgan fingerprint density at radius 3 is 2.60 bits per heavy atom. The van der Waals surface area contributed by atoms with Gasteiger partial charge in [0.2, 0.25) is 5.91 Å². The number of hydrogen-bond acceptors (Lipinski definition) is 5. The first-order valence-corrected chi connectivity index (χ1v) is 12.4. The van der Waals surface area contributed by atoms with Crippen molar-refractivity contribution < 1.29 is 19.5 Å². The molecule has 4 N–H and O–H groups in total. The van der Waals surface area contributed by atoms with E-state index in [1.807, 2.05) is 36.4 Å². The van der Waals surface area contributed by atoms with Crippen LogP contribution in [0.25, 0.3) is 0 Å². The van der Waals surface area contributed by atoms with E-state index in [2.05, 4.69) is 16.0 Å². The molecule has 0 aromatic heterocycles.